The SMILES string of the molecule is N#Cc1cc(N)cnc1NC1CCCCC1CO. The molecule has 0 bridgehead atoms. The Kier molecular flexibility index (Phi) is 4.00. The minimum atomic E-state index is 0.175. The number of aromatic nitrogens is 1. The lowest BCUT2D eigenvalue weighted by atomic mass is 9.85. The molecule has 4 N–H and O–H groups in total. The highest BCUT2D eigenvalue weighted by Gasteiger charge is 2.25. The number of nitriles is 1. The Morgan fingerprint density at radius 1 is 1.50 bits per heavy atom. The van der Waals surface area contributed by atoms with E-state index in [1.54, 1.807) is 12.3 Å². The Morgan fingerprint density at radius 2 is 2.28 bits per heavy atom. The molecule has 18 heavy (non-hydrogen) atoms. The van der Waals surface area contributed by atoms with Gasteiger partial charge in [-0.25, -0.2) is 4.98 Å². The number of aliphatic hydroxyl groups is 1. The van der Waals surface area contributed by atoms with Crippen molar-refractivity contribution in [2.45, 2.75) is 31.7 Å². The molecule has 1 aliphatic rings. The van der Waals surface area contributed by atoms with Gasteiger partial charge in [0, 0.05) is 18.6 Å². The molecule has 0 spiro atoms. The normalized spacial score (nSPS) is 23.3. The van der Waals surface area contributed by atoms with Gasteiger partial charge in [0.25, 0.3) is 0 Å². The molecule has 1 aromatic heterocycles. The highest BCUT2D eigenvalue weighted by Crippen LogP contribution is 2.27. The first kappa shape index (κ1) is 12.7. The summed E-state index contributed by atoms with van der Waals surface area (Å²) in [6, 6.07) is 3.90. The van der Waals surface area contributed by atoms with E-state index in [0.29, 0.717) is 17.1 Å². The van der Waals surface area contributed by atoms with Gasteiger partial charge in [-0.15, -0.1) is 0 Å². The standard InChI is InChI=1S/C13H18N4O/c14-6-10-5-11(15)7-16-13(10)17-12-4-2-1-3-9(12)8-18/h5,7,9,12,18H,1-4,8,15H2,(H,16,17). The largest absolute Gasteiger partial charge is 0.397 e. The Bertz CT molecular complexity index is 455. The number of anilines is 2. The smallest absolute Gasteiger partial charge is 0.144 e. The average Bonchev–Trinajstić information content (AvgIpc) is 2.41. The maximum absolute atomic E-state index is 9.36. The molecule has 1 aromatic rings. The zero-order valence-electron chi connectivity index (χ0n) is 10.3. The molecule has 0 aromatic carbocycles. The Labute approximate surface area is 107 Å². The molecule has 1 heterocycles. The van der Waals surface area contributed by atoms with Crippen LogP contribution in [0, 0.1) is 17.2 Å². The molecule has 2 atom stereocenters. The lowest BCUT2D eigenvalue weighted by Crippen LogP contribution is -2.34. The van der Waals surface area contributed by atoms with Crippen LogP contribution < -0.4 is 11.1 Å². The third kappa shape index (κ3) is 2.71. The molecule has 0 amide bonds. The third-order valence-electron chi connectivity index (χ3n) is 3.49. The van der Waals surface area contributed by atoms with Gasteiger partial charge < -0.3 is 16.2 Å². The van der Waals surface area contributed by atoms with Crippen molar-refractivity contribution in [3.63, 3.8) is 0 Å². The molecule has 5 nitrogen and oxygen atoms in total. The highest BCUT2D eigenvalue weighted by atomic mass is 16.3. The predicted octanol–water partition coefficient (Wildman–Crippen LogP) is 1.50. The molecule has 1 aliphatic carbocycles. The van der Waals surface area contributed by atoms with Crippen LogP contribution in [0.15, 0.2) is 12.3 Å². The highest BCUT2D eigenvalue weighted by molar-refractivity contribution is 5.57. The topological polar surface area (TPSA) is 95.0 Å². The summed E-state index contributed by atoms with van der Waals surface area (Å²) in [7, 11) is 0. The van der Waals surface area contributed by atoms with Crippen molar-refractivity contribution in [1.82, 2.24) is 4.98 Å². The zero-order valence-corrected chi connectivity index (χ0v) is 10.3. The Morgan fingerprint density at radius 3 is 3.00 bits per heavy atom. The van der Waals surface area contributed by atoms with Crippen molar-refractivity contribution in [3.8, 4) is 6.07 Å². The Balaban J connectivity index is 2.15. The van der Waals surface area contributed by atoms with Crippen molar-refractivity contribution in [2.75, 3.05) is 17.7 Å². The number of hydrogen-bond donors (Lipinski definition) is 3. The van der Waals surface area contributed by atoms with Gasteiger partial charge >= 0.3 is 0 Å². The van der Waals surface area contributed by atoms with Gasteiger partial charge in [-0.2, -0.15) is 5.26 Å². The second-order valence-corrected chi connectivity index (χ2v) is 4.75. The van der Waals surface area contributed by atoms with Crippen LogP contribution in [0.1, 0.15) is 31.2 Å². The summed E-state index contributed by atoms with van der Waals surface area (Å²) in [5.41, 5.74) is 6.55. The summed E-state index contributed by atoms with van der Waals surface area (Å²) < 4.78 is 0. The number of nitrogen functional groups attached to an aromatic ring is 1. The van der Waals surface area contributed by atoms with Crippen LogP contribution in [0.4, 0.5) is 11.5 Å². The van der Waals surface area contributed by atoms with Crippen molar-refractivity contribution in [3.05, 3.63) is 17.8 Å². The maximum atomic E-state index is 9.36. The molecule has 2 unspecified atom stereocenters. The Hall–Kier alpha value is -1.80. The van der Waals surface area contributed by atoms with Crippen LogP contribution in [-0.2, 0) is 0 Å². The fourth-order valence-electron chi connectivity index (χ4n) is 2.47. The van der Waals surface area contributed by atoms with Crippen LogP contribution in [0.3, 0.4) is 0 Å². The molecule has 0 saturated heterocycles. The summed E-state index contributed by atoms with van der Waals surface area (Å²) in [6.07, 6.45) is 5.86. The molecule has 1 saturated carbocycles. The van der Waals surface area contributed by atoms with Gasteiger partial charge in [0.15, 0.2) is 0 Å². The lowest BCUT2D eigenvalue weighted by Gasteiger charge is -2.31. The predicted molar refractivity (Wildman–Crippen MR) is 69.8 cm³/mol. The minimum absolute atomic E-state index is 0.175. The van der Waals surface area contributed by atoms with E-state index in [1.165, 1.54) is 0 Å². The summed E-state index contributed by atoms with van der Waals surface area (Å²) in [5.74, 6) is 0.807. The first-order valence-electron chi connectivity index (χ1n) is 6.27. The number of nitrogens with two attached hydrogens (primary N) is 1. The van der Waals surface area contributed by atoms with E-state index in [2.05, 4.69) is 16.4 Å². The molecule has 5 heteroatoms. The number of hydrogen-bond acceptors (Lipinski definition) is 5. The van der Waals surface area contributed by atoms with E-state index in [-0.39, 0.29) is 18.6 Å². The molecule has 1 fully saturated rings. The molecular formula is C13H18N4O. The molecule has 96 valence electrons. The van der Waals surface area contributed by atoms with Crippen LogP contribution in [0.2, 0.25) is 0 Å². The van der Waals surface area contributed by atoms with E-state index in [4.69, 9.17) is 11.0 Å². The van der Waals surface area contributed by atoms with Crippen LogP contribution in [0.25, 0.3) is 0 Å². The molecule has 0 radical (unpaired) electrons. The lowest BCUT2D eigenvalue weighted by molar-refractivity contribution is 0.178. The second kappa shape index (κ2) is 5.69. The average molecular weight is 246 g/mol. The molecule has 2 rings (SSSR count). The number of rotatable bonds is 3. The van der Waals surface area contributed by atoms with Gasteiger partial charge in [0.05, 0.1) is 17.4 Å². The van der Waals surface area contributed by atoms with E-state index in [0.717, 1.165) is 25.7 Å². The zero-order chi connectivity index (χ0) is 13.0. The summed E-state index contributed by atoms with van der Waals surface area (Å²) in [5, 5.41) is 21.7. The maximum Gasteiger partial charge on any atom is 0.144 e. The first-order valence-corrected chi connectivity index (χ1v) is 6.27. The van der Waals surface area contributed by atoms with E-state index >= 15 is 0 Å². The first-order chi connectivity index (χ1) is 8.74. The van der Waals surface area contributed by atoms with Crippen LogP contribution in [0.5, 0.6) is 0 Å². The van der Waals surface area contributed by atoms with Gasteiger partial charge in [0.2, 0.25) is 0 Å². The second-order valence-electron chi connectivity index (χ2n) is 4.75. The van der Waals surface area contributed by atoms with Crippen molar-refractivity contribution < 1.29 is 5.11 Å². The van der Waals surface area contributed by atoms with E-state index in [9.17, 15) is 5.11 Å². The number of nitrogens with one attached hydrogen (secondary N) is 1. The number of pyridine rings is 1. The van der Waals surface area contributed by atoms with Crippen molar-refractivity contribution in [2.24, 2.45) is 5.92 Å². The summed E-state index contributed by atoms with van der Waals surface area (Å²) in [4.78, 5) is 4.17. The van der Waals surface area contributed by atoms with E-state index in [1.807, 2.05) is 0 Å². The van der Waals surface area contributed by atoms with Gasteiger partial charge in [0.1, 0.15) is 11.9 Å². The molecular weight excluding hydrogens is 228 g/mol. The van der Waals surface area contributed by atoms with Crippen molar-refractivity contribution in [1.29, 1.82) is 5.26 Å². The third-order valence-corrected chi connectivity index (χ3v) is 3.49. The summed E-state index contributed by atoms with van der Waals surface area (Å²) >= 11 is 0. The van der Waals surface area contributed by atoms with Crippen LogP contribution in [-0.4, -0.2) is 22.7 Å². The fraction of sp³-hybridized carbons (Fsp3) is 0.538. The number of nitrogens with zero attached hydrogens (tertiary/aromatic N) is 2. The minimum Gasteiger partial charge on any atom is -0.397 e. The van der Waals surface area contributed by atoms with Gasteiger partial charge in [-0.1, -0.05) is 12.8 Å². The molecule has 0 aliphatic heterocycles. The monoisotopic (exact) mass is 246 g/mol. The van der Waals surface area contributed by atoms with Crippen molar-refractivity contribution >= 4 is 11.5 Å². The summed E-state index contributed by atoms with van der Waals surface area (Å²) in [6.45, 7) is 0.175. The van der Waals surface area contributed by atoms with Gasteiger partial charge in [-0.05, 0) is 18.9 Å². The number of aliphatic hydroxyl groups excluding tert-OH is 1. The van der Waals surface area contributed by atoms with Crippen LogP contribution >= 0.6 is 0 Å². The fourth-order valence-corrected chi connectivity index (χ4v) is 2.47. The van der Waals surface area contributed by atoms with Gasteiger partial charge in [-0.3, -0.25) is 0 Å². The van der Waals surface area contributed by atoms with E-state index < -0.39 is 0 Å². The quantitative estimate of drug-likeness (QED) is 0.751.